The molecule has 1 atom stereocenters. The number of aryl methyl sites for hydroxylation is 2. The number of carbonyl (C=O) groups is 1. The molecule has 1 amide bonds. The van der Waals surface area contributed by atoms with Crippen LogP contribution in [0.15, 0.2) is 9.42 Å². The lowest BCUT2D eigenvalue weighted by molar-refractivity contribution is -0.131. The van der Waals surface area contributed by atoms with Crippen molar-refractivity contribution in [1.29, 1.82) is 0 Å². The zero-order valence-corrected chi connectivity index (χ0v) is 15.0. The van der Waals surface area contributed by atoms with E-state index in [0.717, 1.165) is 0 Å². The lowest BCUT2D eigenvalue weighted by atomic mass is 10.3. The molecule has 0 radical (unpaired) electrons. The second kappa shape index (κ2) is 8.47. The summed E-state index contributed by atoms with van der Waals surface area (Å²) in [5.41, 5.74) is 0.267. The van der Waals surface area contributed by atoms with Gasteiger partial charge >= 0.3 is 0 Å². The number of nitrogens with one attached hydrogen (secondary N) is 2. The van der Waals surface area contributed by atoms with E-state index in [4.69, 9.17) is 4.52 Å². The first-order chi connectivity index (χ1) is 9.70. The highest BCUT2D eigenvalue weighted by Gasteiger charge is 2.29. The molecule has 128 valence electrons. The lowest BCUT2D eigenvalue weighted by Crippen LogP contribution is -2.46. The third-order valence-electron chi connectivity index (χ3n) is 3.01. The molecule has 1 aromatic heterocycles. The van der Waals surface area contributed by atoms with Crippen LogP contribution in [0.4, 0.5) is 0 Å². The summed E-state index contributed by atoms with van der Waals surface area (Å²) in [6.45, 7) is 5.68. The number of rotatable bonds is 7. The van der Waals surface area contributed by atoms with Gasteiger partial charge in [0.15, 0.2) is 5.76 Å². The molecule has 0 spiro atoms. The third-order valence-corrected chi connectivity index (χ3v) is 4.80. The minimum absolute atomic E-state index is 0. The summed E-state index contributed by atoms with van der Waals surface area (Å²) < 4.78 is 31.8. The minimum Gasteiger partial charge on any atom is -0.360 e. The van der Waals surface area contributed by atoms with E-state index in [1.54, 1.807) is 14.1 Å². The summed E-state index contributed by atoms with van der Waals surface area (Å²) in [7, 11) is -0.441. The first-order valence-corrected chi connectivity index (χ1v) is 8.03. The van der Waals surface area contributed by atoms with Crippen LogP contribution in [-0.2, 0) is 14.8 Å². The first-order valence-electron chi connectivity index (χ1n) is 6.55. The van der Waals surface area contributed by atoms with Crippen LogP contribution < -0.4 is 10.0 Å². The van der Waals surface area contributed by atoms with E-state index in [-0.39, 0.29) is 34.7 Å². The smallest absolute Gasteiger partial charge is 0.246 e. The Bertz CT molecular complexity index is 583. The zero-order chi connectivity index (χ0) is 16.2. The molecule has 0 saturated heterocycles. The van der Waals surface area contributed by atoms with Crippen LogP contribution in [0.1, 0.15) is 18.4 Å². The first kappa shape index (κ1) is 20.8. The number of hydrogen-bond acceptors (Lipinski definition) is 6. The molecule has 0 aliphatic rings. The predicted molar refractivity (Wildman–Crippen MR) is 84.6 cm³/mol. The van der Waals surface area contributed by atoms with Gasteiger partial charge < -0.3 is 14.7 Å². The topological polar surface area (TPSA) is 105 Å². The average molecular weight is 355 g/mol. The number of carbonyl (C=O) groups excluding carboxylic acids is 1. The van der Waals surface area contributed by atoms with Crippen molar-refractivity contribution in [3.05, 3.63) is 11.5 Å². The largest absolute Gasteiger partial charge is 0.360 e. The van der Waals surface area contributed by atoms with E-state index in [1.165, 1.54) is 25.7 Å². The number of sulfonamides is 1. The second-order valence-electron chi connectivity index (χ2n) is 4.86. The zero-order valence-electron chi connectivity index (χ0n) is 13.3. The standard InChI is InChI=1S/C12H22N4O4S.ClH/c1-8-11(10(3)20-14-8)21(18,19)15-9(2)12(17)16(5)7-6-13-4;/h9,13,15H,6-7H2,1-5H3;1H. The van der Waals surface area contributed by atoms with Gasteiger partial charge in [-0.3, -0.25) is 4.79 Å². The highest BCUT2D eigenvalue weighted by molar-refractivity contribution is 7.89. The van der Waals surface area contributed by atoms with Gasteiger partial charge in [-0.05, 0) is 27.8 Å². The van der Waals surface area contributed by atoms with Crippen molar-refractivity contribution >= 4 is 28.3 Å². The van der Waals surface area contributed by atoms with Gasteiger partial charge in [0.05, 0.1) is 6.04 Å². The predicted octanol–water partition coefficient (Wildman–Crippen LogP) is 0.0578. The molecule has 0 aliphatic heterocycles. The Hall–Kier alpha value is -1.16. The third kappa shape index (κ3) is 4.94. The molecule has 0 saturated carbocycles. The van der Waals surface area contributed by atoms with Gasteiger partial charge in [-0.2, -0.15) is 4.72 Å². The Labute approximate surface area is 137 Å². The molecule has 1 heterocycles. The highest BCUT2D eigenvalue weighted by Crippen LogP contribution is 2.18. The van der Waals surface area contributed by atoms with E-state index < -0.39 is 16.1 Å². The van der Waals surface area contributed by atoms with E-state index in [1.807, 2.05) is 0 Å². The summed E-state index contributed by atoms with van der Waals surface area (Å²) in [5, 5.41) is 6.54. The monoisotopic (exact) mass is 354 g/mol. The molecule has 0 bridgehead atoms. The molecule has 22 heavy (non-hydrogen) atoms. The van der Waals surface area contributed by atoms with E-state index >= 15 is 0 Å². The van der Waals surface area contributed by atoms with Gasteiger partial charge in [0.2, 0.25) is 15.9 Å². The molecule has 10 heteroatoms. The minimum atomic E-state index is -3.85. The van der Waals surface area contributed by atoms with Crippen LogP contribution in [0.2, 0.25) is 0 Å². The normalized spacial score (nSPS) is 12.6. The van der Waals surface area contributed by atoms with Crippen molar-refractivity contribution in [1.82, 2.24) is 20.1 Å². The van der Waals surface area contributed by atoms with Crippen LogP contribution in [0, 0.1) is 13.8 Å². The molecule has 0 aromatic carbocycles. The maximum Gasteiger partial charge on any atom is 0.246 e. The molecule has 8 nitrogen and oxygen atoms in total. The van der Waals surface area contributed by atoms with Crippen LogP contribution in [0.5, 0.6) is 0 Å². The van der Waals surface area contributed by atoms with E-state index in [0.29, 0.717) is 13.1 Å². The second-order valence-corrected chi connectivity index (χ2v) is 6.51. The van der Waals surface area contributed by atoms with Gasteiger partial charge in [-0.25, -0.2) is 8.42 Å². The van der Waals surface area contributed by atoms with Crippen LogP contribution in [0.25, 0.3) is 0 Å². The fourth-order valence-corrected chi connectivity index (χ4v) is 3.45. The van der Waals surface area contributed by atoms with Crippen molar-refractivity contribution < 1.29 is 17.7 Å². The quantitative estimate of drug-likeness (QED) is 0.717. The molecule has 0 aliphatic carbocycles. The summed E-state index contributed by atoms with van der Waals surface area (Å²) in [4.78, 5) is 13.6. The fraction of sp³-hybridized carbons (Fsp3) is 0.667. The van der Waals surface area contributed by atoms with Crippen molar-refractivity contribution in [3.8, 4) is 0 Å². The maximum absolute atomic E-state index is 12.3. The van der Waals surface area contributed by atoms with Gasteiger partial charge in [-0.1, -0.05) is 5.16 Å². The van der Waals surface area contributed by atoms with E-state index in [2.05, 4.69) is 15.2 Å². The molecule has 1 rings (SSSR count). The molecular formula is C12H23ClN4O4S. The Kier molecular flexibility index (Phi) is 8.02. The Morgan fingerprint density at radius 1 is 1.41 bits per heavy atom. The highest BCUT2D eigenvalue weighted by atomic mass is 35.5. The number of likely N-dealkylation sites (N-methyl/N-ethyl adjacent to an activating group) is 2. The SMILES string of the molecule is CNCCN(C)C(=O)C(C)NS(=O)(=O)c1c(C)noc1C.Cl. The van der Waals surface area contributed by atoms with Crippen molar-refractivity contribution in [3.63, 3.8) is 0 Å². The number of hydrogen-bond donors (Lipinski definition) is 2. The van der Waals surface area contributed by atoms with Crippen molar-refractivity contribution in [2.24, 2.45) is 0 Å². The maximum atomic E-state index is 12.3. The number of halogens is 1. The summed E-state index contributed by atoms with van der Waals surface area (Å²) in [6, 6.07) is -0.870. The van der Waals surface area contributed by atoms with Gasteiger partial charge in [0.1, 0.15) is 10.6 Å². The van der Waals surface area contributed by atoms with Crippen LogP contribution in [-0.4, -0.2) is 57.6 Å². The molecule has 2 N–H and O–H groups in total. The number of nitrogens with zero attached hydrogens (tertiary/aromatic N) is 2. The summed E-state index contributed by atoms with van der Waals surface area (Å²) in [6.07, 6.45) is 0. The summed E-state index contributed by atoms with van der Waals surface area (Å²) >= 11 is 0. The van der Waals surface area contributed by atoms with Crippen molar-refractivity contribution in [2.45, 2.75) is 31.7 Å². The Balaban J connectivity index is 0.00000441. The van der Waals surface area contributed by atoms with Gasteiger partial charge in [0.25, 0.3) is 0 Å². The van der Waals surface area contributed by atoms with Gasteiger partial charge in [-0.15, -0.1) is 12.4 Å². The number of aromatic nitrogens is 1. The molecule has 1 aromatic rings. The molecule has 0 fully saturated rings. The Morgan fingerprint density at radius 2 is 2.00 bits per heavy atom. The van der Waals surface area contributed by atoms with E-state index in [9.17, 15) is 13.2 Å². The van der Waals surface area contributed by atoms with Crippen LogP contribution >= 0.6 is 12.4 Å². The van der Waals surface area contributed by atoms with Crippen molar-refractivity contribution in [2.75, 3.05) is 27.2 Å². The Morgan fingerprint density at radius 3 is 2.45 bits per heavy atom. The fourth-order valence-electron chi connectivity index (χ4n) is 1.92. The lowest BCUT2D eigenvalue weighted by Gasteiger charge is -2.21. The molecule has 1 unspecified atom stereocenters. The average Bonchev–Trinajstić information content (AvgIpc) is 2.74. The van der Waals surface area contributed by atoms with Gasteiger partial charge in [0, 0.05) is 20.1 Å². The molecular weight excluding hydrogens is 332 g/mol. The van der Waals surface area contributed by atoms with Crippen LogP contribution in [0.3, 0.4) is 0 Å². The number of amides is 1. The summed E-state index contributed by atoms with van der Waals surface area (Å²) in [5.74, 6) is -0.108.